The van der Waals surface area contributed by atoms with Crippen molar-refractivity contribution >= 4 is 24.0 Å². The number of hydrogen-bond acceptors (Lipinski definition) is 3. The summed E-state index contributed by atoms with van der Waals surface area (Å²) in [7, 11) is 0. The molecule has 124 valence electrons. The Labute approximate surface area is 139 Å². The van der Waals surface area contributed by atoms with E-state index < -0.39 is 5.54 Å². The molecule has 2 atom stereocenters. The Balaban J connectivity index is 0.00000242. The molecule has 1 aliphatic heterocycles. The second-order valence-corrected chi connectivity index (χ2v) is 6.30. The van der Waals surface area contributed by atoms with Crippen molar-refractivity contribution in [2.24, 2.45) is 5.73 Å². The highest BCUT2D eigenvalue weighted by molar-refractivity contribution is 5.85. The number of rotatable bonds is 6. The number of nitrogens with one attached hydrogen (secondary N) is 1. The Hall–Kier alpha value is -1.26. The standard InChI is InChI=1S/C17H27N3O.ClH/c1-4-10-17(3,18)16(21)19-12-13(2)20-11-9-14-7-5-6-8-15(14)20;/h5-8,13H,4,9-12,18H2,1-3H3,(H,19,21);1H. The largest absolute Gasteiger partial charge is 0.366 e. The number of nitrogens with two attached hydrogens (primary N) is 1. The van der Waals surface area contributed by atoms with Gasteiger partial charge >= 0.3 is 0 Å². The highest BCUT2D eigenvalue weighted by atomic mass is 35.5. The van der Waals surface area contributed by atoms with Gasteiger partial charge in [-0.3, -0.25) is 4.79 Å². The lowest BCUT2D eigenvalue weighted by Crippen LogP contribution is -2.54. The van der Waals surface area contributed by atoms with Crippen LogP contribution in [0.15, 0.2) is 24.3 Å². The lowest BCUT2D eigenvalue weighted by molar-refractivity contribution is -0.126. The summed E-state index contributed by atoms with van der Waals surface area (Å²) in [6, 6.07) is 8.76. The molecule has 0 aliphatic carbocycles. The van der Waals surface area contributed by atoms with Gasteiger partial charge in [-0.1, -0.05) is 31.5 Å². The number of para-hydroxylation sites is 1. The molecule has 1 heterocycles. The van der Waals surface area contributed by atoms with E-state index >= 15 is 0 Å². The lowest BCUT2D eigenvalue weighted by atomic mass is 9.96. The monoisotopic (exact) mass is 325 g/mol. The van der Waals surface area contributed by atoms with Gasteiger partial charge in [-0.25, -0.2) is 0 Å². The minimum absolute atomic E-state index is 0. The van der Waals surface area contributed by atoms with E-state index in [0.29, 0.717) is 13.0 Å². The molecule has 0 radical (unpaired) electrons. The number of nitrogens with zero attached hydrogens (tertiary/aromatic N) is 1. The summed E-state index contributed by atoms with van der Waals surface area (Å²) in [6.45, 7) is 7.65. The SMILES string of the molecule is CCCC(C)(N)C(=O)NCC(C)N1CCc2ccccc21.Cl. The molecule has 0 bridgehead atoms. The number of anilines is 1. The van der Waals surface area contributed by atoms with E-state index in [0.717, 1.165) is 19.4 Å². The fourth-order valence-corrected chi connectivity index (χ4v) is 3.01. The molecule has 2 unspecified atom stereocenters. The van der Waals surface area contributed by atoms with Crippen molar-refractivity contribution in [1.82, 2.24) is 5.32 Å². The predicted octanol–water partition coefficient (Wildman–Crippen LogP) is 2.49. The fraction of sp³-hybridized carbons (Fsp3) is 0.588. The van der Waals surface area contributed by atoms with Crippen LogP contribution in [0.4, 0.5) is 5.69 Å². The average molecular weight is 326 g/mol. The fourth-order valence-electron chi connectivity index (χ4n) is 3.01. The molecule has 22 heavy (non-hydrogen) atoms. The van der Waals surface area contributed by atoms with Gasteiger partial charge in [0.15, 0.2) is 0 Å². The van der Waals surface area contributed by atoms with Crippen molar-refractivity contribution in [2.45, 2.75) is 51.6 Å². The number of benzene rings is 1. The third kappa shape index (κ3) is 4.14. The van der Waals surface area contributed by atoms with Crippen LogP contribution in [0.1, 0.15) is 39.2 Å². The van der Waals surface area contributed by atoms with Gasteiger partial charge in [0.25, 0.3) is 0 Å². The molecule has 0 saturated carbocycles. The summed E-state index contributed by atoms with van der Waals surface area (Å²) in [4.78, 5) is 14.5. The molecule has 0 spiro atoms. The van der Waals surface area contributed by atoms with Gasteiger partial charge in [0.2, 0.25) is 5.91 Å². The Morgan fingerprint density at radius 1 is 1.45 bits per heavy atom. The molecule has 4 nitrogen and oxygen atoms in total. The zero-order valence-electron chi connectivity index (χ0n) is 13.8. The van der Waals surface area contributed by atoms with Gasteiger partial charge in [0.1, 0.15) is 0 Å². The molecule has 0 aromatic heterocycles. The summed E-state index contributed by atoms with van der Waals surface area (Å²) in [5, 5.41) is 3.01. The summed E-state index contributed by atoms with van der Waals surface area (Å²) in [6.07, 6.45) is 2.70. The zero-order valence-corrected chi connectivity index (χ0v) is 14.6. The van der Waals surface area contributed by atoms with Crippen LogP contribution in [0.2, 0.25) is 0 Å². The predicted molar refractivity (Wildman–Crippen MR) is 94.7 cm³/mol. The van der Waals surface area contributed by atoms with Crippen molar-refractivity contribution < 1.29 is 4.79 Å². The molecular weight excluding hydrogens is 298 g/mol. The average Bonchev–Trinajstić information content (AvgIpc) is 2.88. The summed E-state index contributed by atoms with van der Waals surface area (Å²) in [5.41, 5.74) is 7.98. The van der Waals surface area contributed by atoms with Crippen LogP contribution in [0, 0.1) is 0 Å². The highest BCUT2D eigenvalue weighted by Crippen LogP contribution is 2.28. The Bertz CT molecular complexity index is 504. The van der Waals surface area contributed by atoms with E-state index in [1.165, 1.54) is 11.3 Å². The van der Waals surface area contributed by atoms with Crippen LogP contribution >= 0.6 is 12.4 Å². The second-order valence-electron chi connectivity index (χ2n) is 6.30. The first-order valence-electron chi connectivity index (χ1n) is 7.87. The first kappa shape index (κ1) is 18.8. The third-order valence-electron chi connectivity index (χ3n) is 4.30. The Kier molecular flexibility index (Phi) is 6.69. The van der Waals surface area contributed by atoms with Crippen LogP contribution in [0.5, 0.6) is 0 Å². The van der Waals surface area contributed by atoms with E-state index in [1.54, 1.807) is 0 Å². The molecule has 3 N–H and O–H groups in total. The number of amides is 1. The lowest BCUT2D eigenvalue weighted by Gasteiger charge is -2.29. The topological polar surface area (TPSA) is 58.4 Å². The molecule has 1 aliphatic rings. The molecule has 2 rings (SSSR count). The number of carbonyl (C=O) groups is 1. The number of fused-ring (bicyclic) bond motifs is 1. The van der Waals surface area contributed by atoms with Gasteiger partial charge in [-0.2, -0.15) is 0 Å². The van der Waals surface area contributed by atoms with E-state index in [2.05, 4.69) is 41.4 Å². The van der Waals surface area contributed by atoms with Crippen LogP contribution in [-0.4, -0.2) is 30.6 Å². The zero-order chi connectivity index (χ0) is 15.5. The maximum atomic E-state index is 12.2. The van der Waals surface area contributed by atoms with E-state index in [4.69, 9.17) is 5.73 Å². The van der Waals surface area contributed by atoms with Crippen LogP contribution < -0.4 is 16.0 Å². The van der Waals surface area contributed by atoms with Crippen molar-refractivity contribution in [3.05, 3.63) is 29.8 Å². The van der Waals surface area contributed by atoms with Crippen LogP contribution in [-0.2, 0) is 11.2 Å². The first-order chi connectivity index (χ1) is 9.95. The number of halogens is 1. The minimum Gasteiger partial charge on any atom is -0.366 e. The van der Waals surface area contributed by atoms with Crippen molar-refractivity contribution in [2.75, 3.05) is 18.0 Å². The van der Waals surface area contributed by atoms with Gasteiger partial charge < -0.3 is 16.0 Å². The normalized spacial score (nSPS) is 17.2. The maximum absolute atomic E-state index is 12.2. The smallest absolute Gasteiger partial charge is 0.239 e. The van der Waals surface area contributed by atoms with Gasteiger partial charge in [0.05, 0.1) is 5.54 Å². The molecule has 1 amide bonds. The molecule has 1 aromatic rings. The minimum atomic E-state index is -0.766. The van der Waals surface area contributed by atoms with Crippen LogP contribution in [0.25, 0.3) is 0 Å². The number of carbonyl (C=O) groups excluding carboxylic acids is 1. The van der Waals surface area contributed by atoms with Gasteiger partial charge in [0, 0.05) is 24.8 Å². The molecule has 0 saturated heterocycles. The van der Waals surface area contributed by atoms with Gasteiger partial charge in [-0.05, 0) is 38.3 Å². The van der Waals surface area contributed by atoms with Gasteiger partial charge in [-0.15, -0.1) is 12.4 Å². The molecule has 1 aromatic carbocycles. The second kappa shape index (κ2) is 7.84. The van der Waals surface area contributed by atoms with Crippen molar-refractivity contribution in [3.63, 3.8) is 0 Å². The molecule has 5 heteroatoms. The highest BCUT2D eigenvalue weighted by Gasteiger charge is 2.28. The quantitative estimate of drug-likeness (QED) is 0.845. The maximum Gasteiger partial charge on any atom is 0.239 e. The summed E-state index contributed by atoms with van der Waals surface area (Å²) < 4.78 is 0. The van der Waals surface area contributed by atoms with Crippen LogP contribution in [0.3, 0.4) is 0 Å². The summed E-state index contributed by atoms with van der Waals surface area (Å²) in [5.74, 6) is -0.0521. The van der Waals surface area contributed by atoms with E-state index in [1.807, 2.05) is 13.8 Å². The third-order valence-corrected chi connectivity index (χ3v) is 4.30. The molecular formula is C17H28ClN3O. The number of hydrogen-bond donors (Lipinski definition) is 2. The Morgan fingerprint density at radius 2 is 2.14 bits per heavy atom. The molecule has 0 fully saturated rings. The first-order valence-corrected chi connectivity index (χ1v) is 7.87. The van der Waals surface area contributed by atoms with E-state index in [9.17, 15) is 4.79 Å². The van der Waals surface area contributed by atoms with Crippen molar-refractivity contribution in [1.29, 1.82) is 0 Å². The summed E-state index contributed by atoms with van der Waals surface area (Å²) >= 11 is 0. The van der Waals surface area contributed by atoms with Crippen molar-refractivity contribution in [3.8, 4) is 0 Å². The van der Waals surface area contributed by atoms with E-state index in [-0.39, 0.29) is 24.4 Å². The Morgan fingerprint density at radius 3 is 2.82 bits per heavy atom.